The molecular formula is C18H25N5O4S. The minimum absolute atomic E-state index is 0.0741. The van der Waals surface area contributed by atoms with Crippen LogP contribution >= 0.6 is 0 Å². The van der Waals surface area contributed by atoms with Gasteiger partial charge >= 0.3 is 0 Å². The molecule has 28 heavy (non-hydrogen) atoms. The number of aromatic hydroxyl groups is 1. The van der Waals surface area contributed by atoms with Crippen LogP contribution in [0.3, 0.4) is 0 Å². The van der Waals surface area contributed by atoms with E-state index in [1.807, 2.05) is 20.8 Å². The molecule has 2 aromatic rings. The molecule has 152 valence electrons. The highest BCUT2D eigenvalue weighted by Gasteiger charge is 2.41. The summed E-state index contributed by atoms with van der Waals surface area (Å²) in [5.41, 5.74) is 2.57. The Morgan fingerprint density at radius 2 is 2.11 bits per heavy atom. The molecule has 0 unspecified atom stereocenters. The summed E-state index contributed by atoms with van der Waals surface area (Å²) in [5, 5.41) is 17.0. The van der Waals surface area contributed by atoms with Gasteiger partial charge in [0.15, 0.2) is 0 Å². The quantitative estimate of drug-likeness (QED) is 0.663. The van der Waals surface area contributed by atoms with Crippen LogP contribution in [0.15, 0.2) is 24.4 Å². The highest BCUT2D eigenvalue weighted by atomic mass is 32.2. The maximum absolute atomic E-state index is 12.9. The number of carbonyl (C=O) groups is 1. The lowest BCUT2D eigenvalue weighted by atomic mass is 10.00. The smallest absolute Gasteiger partial charge is 0.280 e. The summed E-state index contributed by atoms with van der Waals surface area (Å²) in [7, 11) is -2.49. The molecule has 9 nitrogen and oxygen atoms in total. The number of nitrogens with zero attached hydrogens (tertiary/aromatic N) is 3. The van der Waals surface area contributed by atoms with Gasteiger partial charge in [0.2, 0.25) is 5.91 Å². The fourth-order valence-electron chi connectivity index (χ4n) is 3.32. The Balaban J connectivity index is 1.89. The van der Waals surface area contributed by atoms with E-state index in [1.54, 1.807) is 23.0 Å². The predicted molar refractivity (Wildman–Crippen MR) is 105 cm³/mol. The highest BCUT2D eigenvalue weighted by molar-refractivity contribution is 7.87. The van der Waals surface area contributed by atoms with Crippen molar-refractivity contribution in [2.75, 3.05) is 12.4 Å². The van der Waals surface area contributed by atoms with Crippen LogP contribution in [-0.4, -0.2) is 46.6 Å². The van der Waals surface area contributed by atoms with Gasteiger partial charge < -0.3 is 10.4 Å². The number of phenolic OH excluding ortho intramolecular Hbond substituents is 1. The van der Waals surface area contributed by atoms with Gasteiger partial charge in [0.25, 0.3) is 10.2 Å². The van der Waals surface area contributed by atoms with E-state index in [4.69, 9.17) is 0 Å². The van der Waals surface area contributed by atoms with E-state index in [1.165, 1.54) is 13.1 Å². The Labute approximate surface area is 164 Å². The van der Waals surface area contributed by atoms with Crippen molar-refractivity contribution in [3.8, 4) is 5.75 Å². The lowest BCUT2D eigenvalue weighted by Gasteiger charge is -2.36. The Morgan fingerprint density at radius 1 is 1.39 bits per heavy atom. The Morgan fingerprint density at radius 3 is 2.75 bits per heavy atom. The van der Waals surface area contributed by atoms with Crippen LogP contribution in [0.4, 0.5) is 5.69 Å². The van der Waals surface area contributed by atoms with Gasteiger partial charge in [-0.15, -0.1) is 0 Å². The highest BCUT2D eigenvalue weighted by Crippen LogP contribution is 2.31. The van der Waals surface area contributed by atoms with Crippen molar-refractivity contribution in [1.82, 2.24) is 18.8 Å². The van der Waals surface area contributed by atoms with Crippen molar-refractivity contribution in [3.63, 3.8) is 0 Å². The summed E-state index contributed by atoms with van der Waals surface area (Å²) in [4.78, 5) is 12.9. The zero-order chi connectivity index (χ0) is 20.6. The first-order valence-corrected chi connectivity index (χ1v) is 10.5. The van der Waals surface area contributed by atoms with Crippen molar-refractivity contribution in [2.24, 2.45) is 0 Å². The maximum Gasteiger partial charge on any atom is 0.280 e. The van der Waals surface area contributed by atoms with Crippen LogP contribution < -0.4 is 10.0 Å². The van der Waals surface area contributed by atoms with E-state index in [2.05, 4.69) is 15.1 Å². The third-order valence-corrected chi connectivity index (χ3v) is 6.56. The molecule has 0 bridgehead atoms. The average Bonchev–Trinajstić information content (AvgIpc) is 3.01. The Bertz CT molecular complexity index is 1000. The van der Waals surface area contributed by atoms with Crippen LogP contribution in [0.5, 0.6) is 5.75 Å². The molecule has 10 heteroatoms. The van der Waals surface area contributed by atoms with Crippen molar-refractivity contribution < 1.29 is 18.3 Å². The van der Waals surface area contributed by atoms with Crippen LogP contribution in [0.2, 0.25) is 0 Å². The molecule has 3 N–H and O–H groups in total. The van der Waals surface area contributed by atoms with Gasteiger partial charge in [-0.05, 0) is 44.9 Å². The monoisotopic (exact) mass is 407 g/mol. The number of amides is 1. The van der Waals surface area contributed by atoms with Crippen molar-refractivity contribution in [1.29, 1.82) is 0 Å². The van der Waals surface area contributed by atoms with Crippen molar-refractivity contribution in [2.45, 2.75) is 45.8 Å². The summed E-state index contributed by atoms with van der Waals surface area (Å²) < 4.78 is 30.6. The molecule has 1 aromatic heterocycles. The molecule has 0 radical (unpaired) electrons. The summed E-state index contributed by atoms with van der Waals surface area (Å²) in [6, 6.07) is 3.34. The van der Waals surface area contributed by atoms with Gasteiger partial charge in [-0.3, -0.25) is 9.48 Å². The number of rotatable bonds is 4. The number of benzene rings is 1. The van der Waals surface area contributed by atoms with E-state index in [0.717, 1.165) is 21.1 Å². The second-order valence-electron chi connectivity index (χ2n) is 6.98. The first kappa shape index (κ1) is 20.3. The van der Waals surface area contributed by atoms with Gasteiger partial charge in [-0.1, -0.05) is 6.07 Å². The van der Waals surface area contributed by atoms with Gasteiger partial charge in [0, 0.05) is 25.4 Å². The van der Waals surface area contributed by atoms with E-state index in [-0.39, 0.29) is 17.9 Å². The van der Waals surface area contributed by atoms with Crippen LogP contribution in [-0.2, 0) is 21.5 Å². The third-order valence-electron chi connectivity index (χ3n) is 4.96. The van der Waals surface area contributed by atoms with E-state index in [0.29, 0.717) is 6.54 Å². The molecule has 0 aliphatic carbocycles. The maximum atomic E-state index is 12.9. The number of hydrogen-bond donors (Lipinski definition) is 3. The lowest BCUT2D eigenvalue weighted by molar-refractivity contribution is -0.120. The first-order valence-electron chi connectivity index (χ1n) is 9.02. The predicted octanol–water partition coefficient (Wildman–Crippen LogP) is 1.44. The molecule has 1 saturated heterocycles. The number of hydrogen-bond acceptors (Lipinski definition) is 5. The number of aryl methyl sites for hydroxylation is 3. The van der Waals surface area contributed by atoms with Crippen LogP contribution in [0, 0.1) is 13.8 Å². The standard InChI is InChI=1S/C18H25N5O4S/c1-5-23-10-13(12(3)20-23)14-9-16(22(4)28(26,27)21-14)18(25)19-15-8-11(2)6-7-17(15)24/h6-8,10,14,16,21,24H,5,9H2,1-4H3,(H,19,25)/t14-,16+/m1/s1. The second kappa shape index (κ2) is 7.53. The zero-order valence-corrected chi connectivity index (χ0v) is 17.1. The normalized spacial score (nSPS) is 22.1. The molecule has 1 fully saturated rings. The molecule has 3 rings (SSSR count). The molecule has 0 saturated carbocycles. The molecule has 0 spiro atoms. The van der Waals surface area contributed by atoms with Gasteiger partial charge in [0.1, 0.15) is 11.8 Å². The van der Waals surface area contributed by atoms with Crippen LogP contribution in [0.1, 0.15) is 36.2 Å². The van der Waals surface area contributed by atoms with E-state index in [9.17, 15) is 18.3 Å². The molecular weight excluding hydrogens is 382 g/mol. The Hall–Kier alpha value is -2.43. The number of aromatic nitrogens is 2. The largest absolute Gasteiger partial charge is 0.506 e. The van der Waals surface area contributed by atoms with Gasteiger partial charge in [-0.25, -0.2) is 0 Å². The number of likely N-dealkylation sites (N-methyl/N-ethyl adjacent to an activating group) is 1. The van der Waals surface area contributed by atoms with Gasteiger partial charge in [-0.2, -0.15) is 22.5 Å². The van der Waals surface area contributed by atoms with Crippen molar-refractivity contribution in [3.05, 3.63) is 41.2 Å². The molecule has 1 aliphatic heterocycles. The van der Waals surface area contributed by atoms with Crippen molar-refractivity contribution >= 4 is 21.8 Å². The summed E-state index contributed by atoms with van der Waals surface area (Å²) in [6.07, 6.45) is 2.04. The number of anilines is 1. The minimum atomic E-state index is -3.85. The van der Waals surface area contributed by atoms with Gasteiger partial charge in [0.05, 0.1) is 17.4 Å². The minimum Gasteiger partial charge on any atom is -0.506 e. The summed E-state index contributed by atoms with van der Waals surface area (Å²) >= 11 is 0. The molecule has 2 heterocycles. The molecule has 1 aliphatic rings. The summed E-state index contributed by atoms with van der Waals surface area (Å²) in [5.74, 6) is -0.575. The Kier molecular flexibility index (Phi) is 5.46. The number of nitrogens with one attached hydrogen (secondary N) is 2. The van der Waals surface area contributed by atoms with E-state index >= 15 is 0 Å². The average molecular weight is 407 g/mol. The van der Waals surface area contributed by atoms with E-state index < -0.39 is 28.2 Å². The molecule has 1 amide bonds. The fraction of sp³-hybridized carbons (Fsp3) is 0.444. The summed E-state index contributed by atoms with van der Waals surface area (Å²) in [6.45, 7) is 6.25. The first-order chi connectivity index (χ1) is 13.1. The SMILES string of the molecule is CCn1cc([C@H]2C[C@@H](C(=O)Nc3cc(C)ccc3O)N(C)S(=O)(=O)N2)c(C)n1. The molecule has 2 atom stereocenters. The zero-order valence-electron chi connectivity index (χ0n) is 16.3. The lowest BCUT2D eigenvalue weighted by Crippen LogP contribution is -2.56. The molecule has 1 aromatic carbocycles. The topological polar surface area (TPSA) is 117 Å². The number of carbonyl (C=O) groups excluding carboxylic acids is 1. The van der Waals surface area contributed by atoms with Crippen LogP contribution in [0.25, 0.3) is 0 Å². The number of phenols is 1. The third kappa shape index (κ3) is 3.89. The second-order valence-corrected chi connectivity index (χ2v) is 8.74. The fourth-order valence-corrected chi connectivity index (χ4v) is 4.58.